The van der Waals surface area contributed by atoms with Gasteiger partial charge in [-0.05, 0) is 37.5 Å². The van der Waals surface area contributed by atoms with Crippen LogP contribution < -0.4 is 0 Å². The summed E-state index contributed by atoms with van der Waals surface area (Å²) in [7, 11) is 0. The lowest BCUT2D eigenvalue weighted by atomic mass is 9.72. The summed E-state index contributed by atoms with van der Waals surface area (Å²) in [4.78, 5) is 2.81. The van der Waals surface area contributed by atoms with Crippen LogP contribution in [-0.4, -0.2) is 23.0 Å². The van der Waals surface area contributed by atoms with E-state index in [1.807, 2.05) is 0 Å². The first kappa shape index (κ1) is 15.0. The Labute approximate surface area is 109 Å². The molecule has 0 bridgehead atoms. The molecule has 102 valence electrons. The summed E-state index contributed by atoms with van der Waals surface area (Å²) in [6.45, 7) is 19.1. The van der Waals surface area contributed by atoms with Crippen molar-refractivity contribution in [2.45, 2.75) is 92.8 Å². The Hall–Kier alpha value is -0.0400. The molecule has 0 aromatic heterocycles. The van der Waals surface area contributed by atoms with Crippen LogP contribution in [0.2, 0.25) is 0 Å². The molecular weight excluding hydrogens is 206 g/mol. The van der Waals surface area contributed by atoms with Gasteiger partial charge in [0.15, 0.2) is 0 Å². The van der Waals surface area contributed by atoms with Crippen LogP contribution in [0.4, 0.5) is 0 Å². The van der Waals surface area contributed by atoms with Gasteiger partial charge in [0.1, 0.15) is 0 Å². The van der Waals surface area contributed by atoms with Gasteiger partial charge in [-0.25, -0.2) is 0 Å². The van der Waals surface area contributed by atoms with Gasteiger partial charge in [0.05, 0.1) is 0 Å². The molecule has 1 saturated heterocycles. The second kappa shape index (κ2) is 4.91. The Kier molecular flexibility index (Phi) is 4.34. The first-order chi connectivity index (χ1) is 7.55. The van der Waals surface area contributed by atoms with Gasteiger partial charge < -0.3 is 0 Å². The summed E-state index contributed by atoms with van der Waals surface area (Å²) < 4.78 is 0. The molecule has 0 aromatic carbocycles. The third-order valence-corrected chi connectivity index (χ3v) is 4.27. The monoisotopic (exact) mass is 239 g/mol. The number of hydrogen-bond acceptors (Lipinski definition) is 1. The average molecular weight is 239 g/mol. The molecule has 0 radical (unpaired) electrons. The van der Waals surface area contributed by atoms with Crippen LogP contribution in [0.25, 0.3) is 0 Å². The van der Waals surface area contributed by atoms with E-state index in [1.54, 1.807) is 0 Å². The van der Waals surface area contributed by atoms with Crippen molar-refractivity contribution in [3.05, 3.63) is 0 Å². The molecular formula is C16H33N. The van der Waals surface area contributed by atoms with Crippen LogP contribution in [0.3, 0.4) is 0 Å². The van der Waals surface area contributed by atoms with E-state index >= 15 is 0 Å². The largest absolute Gasteiger partial charge is 0.294 e. The van der Waals surface area contributed by atoms with E-state index in [1.165, 1.54) is 19.3 Å². The zero-order valence-corrected chi connectivity index (χ0v) is 13.3. The van der Waals surface area contributed by atoms with Gasteiger partial charge in [-0.2, -0.15) is 0 Å². The lowest BCUT2D eigenvalue weighted by Gasteiger charge is -2.54. The molecule has 0 amide bonds. The Bertz CT molecular complexity index is 219. The molecule has 1 heterocycles. The van der Waals surface area contributed by atoms with Gasteiger partial charge >= 0.3 is 0 Å². The number of nitrogens with zero attached hydrogens (tertiary/aromatic N) is 1. The minimum absolute atomic E-state index is 0.397. The van der Waals surface area contributed by atoms with Crippen LogP contribution in [0.15, 0.2) is 0 Å². The summed E-state index contributed by atoms with van der Waals surface area (Å²) in [5.74, 6) is 0. The SMILES string of the molecule is CC(C)N1C(C(C)(C)C)CCCC1C(C)(C)C. The highest BCUT2D eigenvalue weighted by Crippen LogP contribution is 2.41. The maximum atomic E-state index is 2.81. The highest BCUT2D eigenvalue weighted by atomic mass is 15.2. The normalized spacial score (nSPS) is 28.8. The summed E-state index contributed by atoms with van der Waals surface area (Å²) in [6, 6.07) is 2.13. The van der Waals surface area contributed by atoms with Crippen molar-refractivity contribution >= 4 is 0 Å². The first-order valence-electron chi connectivity index (χ1n) is 7.32. The standard InChI is InChI=1S/C16H33N/c1-12(2)17-13(15(3,4)5)10-9-11-14(17)16(6,7)8/h12-14H,9-11H2,1-8H3. The molecule has 17 heavy (non-hydrogen) atoms. The molecule has 1 aliphatic heterocycles. The van der Waals surface area contributed by atoms with Crippen molar-refractivity contribution in [2.24, 2.45) is 10.8 Å². The number of hydrogen-bond donors (Lipinski definition) is 0. The molecule has 1 aliphatic rings. The summed E-state index contributed by atoms with van der Waals surface area (Å²) in [6.07, 6.45) is 4.13. The van der Waals surface area contributed by atoms with Gasteiger partial charge in [0, 0.05) is 18.1 Å². The maximum Gasteiger partial charge on any atom is 0.0150 e. The predicted molar refractivity (Wildman–Crippen MR) is 77.3 cm³/mol. The molecule has 1 rings (SSSR count). The van der Waals surface area contributed by atoms with Crippen molar-refractivity contribution in [3.63, 3.8) is 0 Å². The second-order valence-corrected chi connectivity index (χ2v) is 8.24. The molecule has 0 N–H and O–H groups in total. The van der Waals surface area contributed by atoms with Crippen LogP contribution in [-0.2, 0) is 0 Å². The molecule has 2 atom stereocenters. The van der Waals surface area contributed by atoms with Gasteiger partial charge in [0.25, 0.3) is 0 Å². The highest BCUT2D eigenvalue weighted by molar-refractivity contribution is 4.96. The van der Waals surface area contributed by atoms with E-state index in [0.717, 1.165) is 12.1 Å². The minimum Gasteiger partial charge on any atom is -0.294 e. The van der Waals surface area contributed by atoms with Crippen molar-refractivity contribution in [1.82, 2.24) is 4.90 Å². The van der Waals surface area contributed by atoms with E-state index in [4.69, 9.17) is 0 Å². The Morgan fingerprint density at radius 2 is 1.18 bits per heavy atom. The van der Waals surface area contributed by atoms with Gasteiger partial charge in [-0.15, -0.1) is 0 Å². The third kappa shape index (κ3) is 3.47. The fraction of sp³-hybridized carbons (Fsp3) is 1.00. The molecule has 2 unspecified atom stereocenters. The topological polar surface area (TPSA) is 3.24 Å². The Balaban J connectivity index is 3.01. The van der Waals surface area contributed by atoms with Crippen molar-refractivity contribution < 1.29 is 0 Å². The molecule has 0 aromatic rings. The lowest BCUT2D eigenvalue weighted by molar-refractivity contribution is -0.0456. The van der Waals surface area contributed by atoms with Gasteiger partial charge in [0.2, 0.25) is 0 Å². The van der Waals surface area contributed by atoms with Crippen LogP contribution in [0.5, 0.6) is 0 Å². The fourth-order valence-electron chi connectivity index (χ4n) is 3.50. The number of piperidine rings is 1. The molecule has 0 aliphatic carbocycles. The zero-order chi connectivity index (χ0) is 13.4. The minimum atomic E-state index is 0.397. The molecule has 1 heteroatoms. The smallest absolute Gasteiger partial charge is 0.0150 e. The fourth-order valence-corrected chi connectivity index (χ4v) is 3.50. The van der Waals surface area contributed by atoms with Crippen LogP contribution >= 0.6 is 0 Å². The Morgan fingerprint density at radius 1 is 0.824 bits per heavy atom. The number of likely N-dealkylation sites (tertiary alicyclic amines) is 1. The zero-order valence-electron chi connectivity index (χ0n) is 13.3. The molecule has 0 spiro atoms. The van der Waals surface area contributed by atoms with E-state index < -0.39 is 0 Å². The quantitative estimate of drug-likeness (QED) is 0.640. The first-order valence-corrected chi connectivity index (χ1v) is 7.32. The maximum absolute atomic E-state index is 2.81. The summed E-state index contributed by atoms with van der Waals surface area (Å²) in [5, 5.41) is 0. The highest BCUT2D eigenvalue weighted by Gasteiger charge is 2.42. The molecule has 1 nitrogen and oxygen atoms in total. The van der Waals surface area contributed by atoms with Crippen molar-refractivity contribution in [3.8, 4) is 0 Å². The second-order valence-electron chi connectivity index (χ2n) is 8.24. The van der Waals surface area contributed by atoms with Crippen molar-refractivity contribution in [2.75, 3.05) is 0 Å². The van der Waals surface area contributed by atoms with Crippen LogP contribution in [0.1, 0.15) is 74.7 Å². The third-order valence-electron chi connectivity index (χ3n) is 4.27. The van der Waals surface area contributed by atoms with Gasteiger partial charge in [-0.1, -0.05) is 48.0 Å². The number of rotatable bonds is 1. The average Bonchev–Trinajstić information content (AvgIpc) is 2.13. The molecule has 0 saturated carbocycles. The van der Waals surface area contributed by atoms with Gasteiger partial charge in [-0.3, -0.25) is 4.90 Å². The van der Waals surface area contributed by atoms with Crippen molar-refractivity contribution in [1.29, 1.82) is 0 Å². The van der Waals surface area contributed by atoms with E-state index in [2.05, 4.69) is 60.3 Å². The lowest BCUT2D eigenvalue weighted by Crippen LogP contribution is -2.58. The summed E-state index contributed by atoms with van der Waals surface area (Å²) >= 11 is 0. The Morgan fingerprint density at radius 3 is 1.41 bits per heavy atom. The summed E-state index contributed by atoms with van der Waals surface area (Å²) in [5.41, 5.74) is 0.794. The van der Waals surface area contributed by atoms with Crippen LogP contribution in [0, 0.1) is 10.8 Å². The molecule has 1 fully saturated rings. The predicted octanol–water partition coefficient (Wildman–Crippen LogP) is 4.71. The van der Waals surface area contributed by atoms with E-state index in [0.29, 0.717) is 16.9 Å². The van der Waals surface area contributed by atoms with E-state index in [-0.39, 0.29) is 0 Å². The van der Waals surface area contributed by atoms with E-state index in [9.17, 15) is 0 Å².